The number of hydrogen-bond donors (Lipinski definition) is 0. The second kappa shape index (κ2) is 4.32. The van der Waals surface area contributed by atoms with Crippen LogP contribution in [-0.4, -0.2) is 22.5 Å². The third-order valence-electron chi connectivity index (χ3n) is 2.53. The maximum absolute atomic E-state index is 5.95. The highest BCUT2D eigenvalue weighted by Crippen LogP contribution is 2.19. The number of rotatable bonds is 3. The number of hydrogen-bond acceptors (Lipinski definition) is 2. The molecule has 1 aromatic heterocycles. The third kappa shape index (κ3) is 2.28. The molecule has 0 amide bonds. The molecule has 1 fully saturated rings. The van der Waals surface area contributed by atoms with Crippen LogP contribution < -0.4 is 0 Å². The molecule has 0 aromatic carbocycles. The van der Waals surface area contributed by atoms with Gasteiger partial charge < -0.3 is 4.74 Å². The summed E-state index contributed by atoms with van der Waals surface area (Å²) in [6.07, 6.45) is 6.48. The van der Waals surface area contributed by atoms with Crippen LogP contribution in [0, 0.1) is 0 Å². The Morgan fingerprint density at radius 1 is 1.79 bits per heavy atom. The van der Waals surface area contributed by atoms with Crippen molar-refractivity contribution < 1.29 is 4.74 Å². The van der Waals surface area contributed by atoms with E-state index in [2.05, 4.69) is 5.10 Å². The van der Waals surface area contributed by atoms with Gasteiger partial charge in [-0.3, -0.25) is 4.68 Å². The highest BCUT2D eigenvalue weighted by atomic mass is 35.5. The highest BCUT2D eigenvalue weighted by Gasteiger charge is 2.16. The molecule has 0 spiro atoms. The Balaban J connectivity index is 1.95. The zero-order chi connectivity index (χ0) is 9.97. The first-order valence-corrected chi connectivity index (χ1v) is 5.47. The molecular weight excluding hydrogens is 200 g/mol. The number of ether oxygens (including phenoxy) is 1. The summed E-state index contributed by atoms with van der Waals surface area (Å²) in [5.74, 6) is 0. The Morgan fingerprint density at radius 3 is 3.21 bits per heavy atom. The molecule has 78 valence electrons. The smallest absolute Gasteiger partial charge is 0.0771 e. The van der Waals surface area contributed by atoms with Crippen LogP contribution in [0.1, 0.15) is 30.7 Å². The second-order valence-corrected chi connectivity index (χ2v) is 4.40. The Labute approximate surface area is 89.0 Å². The molecule has 0 saturated carbocycles. The molecular formula is C10H15ClN2O. The summed E-state index contributed by atoms with van der Waals surface area (Å²) in [5, 5.41) is 4.29. The fourth-order valence-electron chi connectivity index (χ4n) is 1.68. The lowest BCUT2D eigenvalue weighted by Gasteiger charge is -2.08. The number of aromatic nitrogens is 2. The van der Waals surface area contributed by atoms with Gasteiger partial charge in [-0.05, 0) is 19.8 Å². The van der Waals surface area contributed by atoms with E-state index in [1.807, 2.05) is 24.0 Å². The zero-order valence-electron chi connectivity index (χ0n) is 8.32. The van der Waals surface area contributed by atoms with Crippen LogP contribution in [0.5, 0.6) is 0 Å². The Kier molecular flexibility index (Phi) is 3.08. The minimum atomic E-state index is 0.0354. The van der Waals surface area contributed by atoms with Crippen molar-refractivity contribution in [1.29, 1.82) is 0 Å². The molecule has 0 radical (unpaired) electrons. The van der Waals surface area contributed by atoms with Crippen molar-refractivity contribution in [3.05, 3.63) is 18.0 Å². The fraction of sp³-hybridized carbons (Fsp3) is 0.700. The second-order valence-electron chi connectivity index (χ2n) is 3.75. The van der Waals surface area contributed by atoms with E-state index >= 15 is 0 Å². The van der Waals surface area contributed by atoms with Crippen LogP contribution in [-0.2, 0) is 11.3 Å². The summed E-state index contributed by atoms with van der Waals surface area (Å²) in [5.41, 5.74) is 1.07. The Hall–Kier alpha value is -0.540. The molecule has 0 aliphatic carbocycles. The van der Waals surface area contributed by atoms with Gasteiger partial charge in [0.1, 0.15) is 0 Å². The molecule has 0 bridgehead atoms. The lowest BCUT2D eigenvalue weighted by Crippen LogP contribution is -2.15. The minimum absolute atomic E-state index is 0.0354. The van der Waals surface area contributed by atoms with Crippen molar-refractivity contribution in [2.45, 2.75) is 37.8 Å². The van der Waals surface area contributed by atoms with Gasteiger partial charge in [0.15, 0.2) is 0 Å². The van der Waals surface area contributed by atoms with Gasteiger partial charge in [-0.2, -0.15) is 5.10 Å². The van der Waals surface area contributed by atoms with Gasteiger partial charge in [0.25, 0.3) is 0 Å². The first kappa shape index (κ1) is 9.99. The molecule has 1 aliphatic rings. The molecule has 2 rings (SSSR count). The van der Waals surface area contributed by atoms with E-state index in [9.17, 15) is 0 Å². The van der Waals surface area contributed by atoms with E-state index in [0.29, 0.717) is 6.10 Å². The topological polar surface area (TPSA) is 27.1 Å². The van der Waals surface area contributed by atoms with E-state index in [-0.39, 0.29) is 5.38 Å². The molecule has 14 heavy (non-hydrogen) atoms. The largest absolute Gasteiger partial charge is 0.376 e. The summed E-state index contributed by atoms with van der Waals surface area (Å²) in [6, 6.07) is 0. The van der Waals surface area contributed by atoms with Crippen LogP contribution in [0.3, 0.4) is 0 Å². The van der Waals surface area contributed by atoms with Gasteiger partial charge in [-0.25, -0.2) is 0 Å². The van der Waals surface area contributed by atoms with E-state index in [1.165, 1.54) is 6.42 Å². The van der Waals surface area contributed by atoms with Gasteiger partial charge in [0, 0.05) is 18.4 Å². The molecule has 3 nitrogen and oxygen atoms in total. The molecule has 2 heterocycles. The molecule has 4 heteroatoms. The van der Waals surface area contributed by atoms with Crippen LogP contribution in [0.4, 0.5) is 0 Å². The highest BCUT2D eigenvalue weighted by molar-refractivity contribution is 6.20. The Morgan fingerprint density at radius 2 is 2.64 bits per heavy atom. The van der Waals surface area contributed by atoms with Gasteiger partial charge in [-0.15, -0.1) is 11.6 Å². The molecule has 0 N–H and O–H groups in total. The van der Waals surface area contributed by atoms with Gasteiger partial charge >= 0.3 is 0 Å². The lowest BCUT2D eigenvalue weighted by molar-refractivity contribution is 0.0940. The first-order chi connectivity index (χ1) is 6.75. The van der Waals surface area contributed by atoms with Crippen molar-refractivity contribution in [2.24, 2.45) is 0 Å². The molecule has 2 unspecified atom stereocenters. The number of alkyl halides is 1. The monoisotopic (exact) mass is 214 g/mol. The van der Waals surface area contributed by atoms with Crippen LogP contribution >= 0.6 is 11.6 Å². The van der Waals surface area contributed by atoms with E-state index < -0.39 is 0 Å². The number of nitrogens with zero attached hydrogens (tertiary/aromatic N) is 2. The van der Waals surface area contributed by atoms with Crippen molar-refractivity contribution in [3.8, 4) is 0 Å². The normalized spacial score (nSPS) is 24.0. The van der Waals surface area contributed by atoms with Crippen LogP contribution in [0.25, 0.3) is 0 Å². The van der Waals surface area contributed by atoms with E-state index in [1.54, 1.807) is 0 Å². The molecule has 1 aliphatic heterocycles. The van der Waals surface area contributed by atoms with Crippen molar-refractivity contribution in [3.63, 3.8) is 0 Å². The fourth-order valence-corrected chi connectivity index (χ4v) is 1.79. The summed E-state index contributed by atoms with van der Waals surface area (Å²) >= 11 is 5.95. The Bertz CT molecular complexity index is 292. The zero-order valence-corrected chi connectivity index (χ0v) is 9.07. The predicted octanol–water partition coefficient (Wildman–Crippen LogP) is 2.36. The van der Waals surface area contributed by atoms with Crippen LogP contribution in [0.2, 0.25) is 0 Å². The third-order valence-corrected chi connectivity index (χ3v) is 2.78. The van der Waals surface area contributed by atoms with E-state index in [4.69, 9.17) is 16.3 Å². The predicted molar refractivity (Wildman–Crippen MR) is 55.5 cm³/mol. The molecule has 2 atom stereocenters. The SMILES string of the molecule is CC(Cl)c1cnn(CC2CCCO2)c1. The maximum atomic E-state index is 5.95. The quantitative estimate of drug-likeness (QED) is 0.723. The van der Waals surface area contributed by atoms with Crippen molar-refractivity contribution in [1.82, 2.24) is 9.78 Å². The summed E-state index contributed by atoms with van der Waals surface area (Å²) in [7, 11) is 0. The summed E-state index contributed by atoms with van der Waals surface area (Å²) in [6.45, 7) is 3.70. The van der Waals surface area contributed by atoms with Crippen LogP contribution in [0.15, 0.2) is 12.4 Å². The first-order valence-electron chi connectivity index (χ1n) is 5.04. The molecule has 1 saturated heterocycles. The minimum Gasteiger partial charge on any atom is -0.376 e. The standard InChI is InChI=1S/C10H15ClN2O/c1-8(11)9-5-12-13(6-9)7-10-3-2-4-14-10/h5-6,8,10H,2-4,7H2,1H3. The van der Waals surface area contributed by atoms with Crippen molar-refractivity contribution in [2.75, 3.05) is 6.61 Å². The maximum Gasteiger partial charge on any atom is 0.0771 e. The average Bonchev–Trinajstić information content (AvgIpc) is 2.75. The summed E-state index contributed by atoms with van der Waals surface area (Å²) in [4.78, 5) is 0. The van der Waals surface area contributed by atoms with Crippen molar-refractivity contribution >= 4 is 11.6 Å². The van der Waals surface area contributed by atoms with Gasteiger partial charge in [-0.1, -0.05) is 0 Å². The average molecular weight is 215 g/mol. The number of halogens is 1. The lowest BCUT2D eigenvalue weighted by atomic mass is 10.2. The van der Waals surface area contributed by atoms with Gasteiger partial charge in [0.05, 0.1) is 24.2 Å². The summed E-state index contributed by atoms with van der Waals surface area (Å²) < 4.78 is 7.45. The van der Waals surface area contributed by atoms with E-state index in [0.717, 1.165) is 25.1 Å². The van der Waals surface area contributed by atoms with Gasteiger partial charge in [0.2, 0.25) is 0 Å². The molecule has 1 aromatic rings.